The highest BCUT2D eigenvalue weighted by Gasteiger charge is 2.02. The van der Waals surface area contributed by atoms with Crippen LogP contribution in [0.4, 0.5) is 0 Å². The van der Waals surface area contributed by atoms with Crippen LogP contribution in [-0.4, -0.2) is 46.1 Å². The summed E-state index contributed by atoms with van der Waals surface area (Å²) in [6.07, 6.45) is 1.70. The molecule has 0 atom stereocenters. The molecule has 0 amide bonds. The third-order valence-corrected chi connectivity index (χ3v) is 2.47. The normalized spacial score (nSPS) is 11.3. The number of rotatable bonds is 7. The van der Waals surface area contributed by atoms with Gasteiger partial charge in [0.25, 0.3) is 0 Å². The lowest BCUT2D eigenvalue weighted by atomic mass is 10.5. The van der Waals surface area contributed by atoms with Gasteiger partial charge in [-0.3, -0.25) is 4.79 Å². The predicted molar refractivity (Wildman–Crippen MR) is 53.8 cm³/mol. The molecule has 0 saturated carbocycles. The molecule has 0 aromatic heterocycles. The quantitative estimate of drug-likeness (QED) is 0.468. The van der Waals surface area contributed by atoms with Crippen LogP contribution in [0.2, 0.25) is 0 Å². The fourth-order valence-electron chi connectivity index (χ4n) is 0.862. The van der Waals surface area contributed by atoms with Crippen molar-refractivity contribution in [1.29, 1.82) is 0 Å². The number of sulfone groups is 1. The van der Waals surface area contributed by atoms with Crippen LogP contribution in [0.25, 0.3) is 0 Å². The Bertz CT molecular complexity index is 261. The first-order valence-electron chi connectivity index (χ1n) is 4.49. The van der Waals surface area contributed by atoms with E-state index in [0.29, 0.717) is 19.6 Å². The zero-order valence-electron chi connectivity index (χ0n) is 8.58. The maximum Gasteiger partial charge on any atom is 0.319 e. The maximum atomic E-state index is 10.8. The first-order valence-corrected chi connectivity index (χ1v) is 6.56. The molecule has 0 rings (SSSR count). The molecule has 0 aliphatic rings. The van der Waals surface area contributed by atoms with Crippen LogP contribution in [0.15, 0.2) is 0 Å². The molecule has 14 heavy (non-hydrogen) atoms. The van der Waals surface area contributed by atoms with Gasteiger partial charge in [0.1, 0.15) is 9.84 Å². The molecule has 0 fully saturated rings. The van der Waals surface area contributed by atoms with E-state index in [9.17, 15) is 13.2 Å². The van der Waals surface area contributed by atoms with Gasteiger partial charge >= 0.3 is 5.97 Å². The van der Waals surface area contributed by atoms with Gasteiger partial charge in [-0.15, -0.1) is 0 Å². The number of carbonyl (C=O) groups excluding carboxylic acids is 1. The van der Waals surface area contributed by atoms with Gasteiger partial charge in [0.15, 0.2) is 0 Å². The fourth-order valence-corrected chi connectivity index (χ4v) is 1.53. The third-order valence-electron chi connectivity index (χ3n) is 1.44. The van der Waals surface area contributed by atoms with E-state index in [1.165, 1.54) is 6.26 Å². The van der Waals surface area contributed by atoms with Crippen molar-refractivity contribution in [3.63, 3.8) is 0 Å². The van der Waals surface area contributed by atoms with Crippen molar-refractivity contribution in [3.8, 4) is 0 Å². The van der Waals surface area contributed by atoms with Gasteiger partial charge in [0.05, 0.1) is 18.9 Å². The first kappa shape index (κ1) is 13.4. The molecule has 0 heterocycles. The van der Waals surface area contributed by atoms with Crippen molar-refractivity contribution in [2.45, 2.75) is 13.3 Å². The Labute approximate surface area is 84.7 Å². The maximum absolute atomic E-state index is 10.8. The smallest absolute Gasteiger partial charge is 0.319 e. The Morgan fingerprint density at radius 3 is 2.57 bits per heavy atom. The molecule has 0 aliphatic heterocycles. The lowest BCUT2D eigenvalue weighted by molar-refractivity contribution is -0.141. The minimum absolute atomic E-state index is 0.137. The Morgan fingerprint density at radius 2 is 2.07 bits per heavy atom. The lowest BCUT2D eigenvalue weighted by Gasteiger charge is -2.03. The summed E-state index contributed by atoms with van der Waals surface area (Å²) < 4.78 is 26.1. The summed E-state index contributed by atoms with van der Waals surface area (Å²) in [6, 6.07) is 0. The van der Waals surface area contributed by atoms with Crippen molar-refractivity contribution < 1.29 is 17.9 Å². The van der Waals surface area contributed by atoms with E-state index in [4.69, 9.17) is 0 Å². The molecule has 0 aromatic carbocycles. The van der Waals surface area contributed by atoms with Gasteiger partial charge < -0.3 is 10.1 Å². The largest absolute Gasteiger partial charge is 0.465 e. The summed E-state index contributed by atoms with van der Waals surface area (Å²) in [7, 11) is -2.89. The molecule has 0 unspecified atom stereocenters. The Morgan fingerprint density at radius 1 is 1.43 bits per heavy atom. The van der Waals surface area contributed by atoms with E-state index < -0.39 is 9.84 Å². The molecule has 0 spiro atoms. The summed E-state index contributed by atoms with van der Waals surface area (Å²) in [5.41, 5.74) is 0. The Balaban J connectivity index is 3.34. The second kappa shape index (κ2) is 6.78. The summed E-state index contributed by atoms with van der Waals surface area (Å²) >= 11 is 0. The zero-order chi connectivity index (χ0) is 11.0. The third kappa shape index (κ3) is 9.47. The molecular formula is C8H17NO4S. The van der Waals surface area contributed by atoms with Crippen LogP contribution in [0.1, 0.15) is 13.3 Å². The first-order chi connectivity index (χ1) is 6.45. The highest BCUT2D eigenvalue weighted by atomic mass is 32.2. The predicted octanol–water partition coefficient (Wildman–Crippen LogP) is -0.426. The number of hydrogen-bond donors (Lipinski definition) is 1. The minimum atomic E-state index is -2.89. The van der Waals surface area contributed by atoms with E-state index in [1.54, 1.807) is 6.92 Å². The van der Waals surface area contributed by atoms with Crippen molar-refractivity contribution >= 4 is 15.8 Å². The summed E-state index contributed by atoms with van der Waals surface area (Å²) in [5, 5.41) is 2.80. The molecule has 0 radical (unpaired) electrons. The number of ether oxygens (including phenoxy) is 1. The van der Waals surface area contributed by atoms with Crippen LogP contribution in [0.5, 0.6) is 0 Å². The SMILES string of the molecule is CCOC(=O)CNCCCS(C)(=O)=O. The van der Waals surface area contributed by atoms with Crippen LogP contribution in [-0.2, 0) is 19.4 Å². The molecule has 1 N–H and O–H groups in total. The van der Waals surface area contributed by atoms with Gasteiger partial charge in [0.2, 0.25) is 0 Å². The summed E-state index contributed by atoms with van der Waals surface area (Å²) in [6.45, 7) is 2.74. The van der Waals surface area contributed by atoms with E-state index >= 15 is 0 Å². The molecule has 84 valence electrons. The Kier molecular flexibility index (Phi) is 6.48. The van der Waals surface area contributed by atoms with Gasteiger partial charge in [0, 0.05) is 6.26 Å². The van der Waals surface area contributed by atoms with Crippen molar-refractivity contribution in [2.75, 3.05) is 31.7 Å². The van der Waals surface area contributed by atoms with Gasteiger partial charge in [-0.1, -0.05) is 0 Å². The van der Waals surface area contributed by atoms with Gasteiger partial charge in [-0.05, 0) is 19.9 Å². The average molecular weight is 223 g/mol. The molecule has 0 bridgehead atoms. The van der Waals surface area contributed by atoms with Gasteiger partial charge in [-0.25, -0.2) is 8.42 Å². The zero-order valence-corrected chi connectivity index (χ0v) is 9.39. The van der Waals surface area contributed by atoms with Crippen molar-refractivity contribution in [2.24, 2.45) is 0 Å². The minimum Gasteiger partial charge on any atom is -0.465 e. The van der Waals surface area contributed by atoms with Crippen molar-refractivity contribution in [3.05, 3.63) is 0 Å². The molecule has 0 aromatic rings. The number of esters is 1. The number of carbonyl (C=O) groups is 1. The second-order valence-electron chi connectivity index (χ2n) is 2.97. The molecule has 5 nitrogen and oxygen atoms in total. The molecular weight excluding hydrogens is 206 g/mol. The topological polar surface area (TPSA) is 72.5 Å². The van der Waals surface area contributed by atoms with Crippen LogP contribution in [0.3, 0.4) is 0 Å². The van der Waals surface area contributed by atoms with Gasteiger partial charge in [-0.2, -0.15) is 0 Å². The van der Waals surface area contributed by atoms with Crippen LogP contribution in [0, 0.1) is 0 Å². The fraction of sp³-hybridized carbons (Fsp3) is 0.875. The van der Waals surface area contributed by atoms with Crippen LogP contribution >= 0.6 is 0 Å². The summed E-state index contributed by atoms with van der Waals surface area (Å²) in [4.78, 5) is 10.8. The standard InChI is InChI=1S/C8H17NO4S/c1-3-13-8(10)7-9-5-4-6-14(2,11)12/h9H,3-7H2,1-2H3. The lowest BCUT2D eigenvalue weighted by Crippen LogP contribution is -2.26. The van der Waals surface area contributed by atoms with Crippen LogP contribution < -0.4 is 5.32 Å². The van der Waals surface area contributed by atoms with Crippen molar-refractivity contribution in [1.82, 2.24) is 5.32 Å². The average Bonchev–Trinajstić information content (AvgIpc) is 2.02. The van der Waals surface area contributed by atoms with E-state index in [2.05, 4.69) is 10.1 Å². The second-order valence-corrected chi connectivity index (χ2v) is 5.22. The number of hydrogen-bond acceptors (Lipinski definition) is 5. The Hall–Kier alpha value is -0.620. The number of nitrogens with one attached hydrogen (secondary N) is 1. The molecule has 0 saturated heterocycles. The highest BCUT2D eigenvalue weighted by molar-refractivity contribution is 7.90. The van der Waals surface area contributed by atoms with E-state index in [-0.39, 0.29) is 18.3 Å². The van der Waals surface area contributed by atoms with E-state index in [1.807, 2.05) is 0 Å². The monoisotopic (exact) mass is 223 g/mol. The van der Waals surface area contributed by atoms with E-state index in [0.717, 1.165) is 0 Å². The summed E-state index contributed by atoms with van der Waals surface area (Å²) in [5.74, 6) is -0.171. The molecule has 0 aliphatic carbocycles. The highest BCUT2D eigenvalue weighted by Crippen LogP contribution is 1.86. The molecule has 6 heteroatoms.